The number of halogens is 3. The Bertz CT molecular complexity index is 526. The molecule has 5 nitrogen and oxygen atoms in total. The summed E-state index contributed by atoms with van der Waals surface area (Å²) in [6.45, 7) is 0. The second kappa shape index (κ2) is 6.19. The molecule has 0 aromatic carbocycles. The van der Waals surface area contributed by atoms with Crippen LogP contribution in [0.25, 0.3) is 0 Å². The van der Waals surface area contributed by atoms with Gasteiger partial charge in [0.15, 0.2) is 5.84 Å². The summed E-state index contributed by atoms with van der Waals surface area (Å²) in [5, 5.41) is 11.5. The molecule has 1 fully saturated rings. The molecule has 0 saturated heterocycles. The van der Waals surface area contributed by atoms with Gasteiger partial charge in [-0.2, -0.15) is 13.2 Å². The molecular weight excluding hydrogens is 287 g/mol. The fourth-order valence-corrected chi connectivity index (χ4v) is 2.28. The number of nitrogens with zero attached hydrogens (tertiary/aromatic N) is 2. The van der Waals surface area contributed by atoms with Crippen LogP contribution in [0.5, 0.6) is 5.88 Å². The molecule has 1 heterocycles. The summed E-state index contributed by atoms with van der Waals surface area (Å²) in [5.74, 6) is -0.575. The fraction of sp³-hybridized carbons (Fsp3) is 0.538. The van der Waals surface area contributed by atoms with Gasteiger partial charge in [0, 0.05) is 0 Å². The molecule has 116 valence electrons. The van der Waals surface area contributed by atoms with Crippen LogP contribution >= 0.6 is 0 Å². The minimum atomic E-state index is -4.58. The van der Waals surface area contributed by atoms with Gasteiger partial charge in [-0.25, -0.2) is 4.98 Å². The Labute approximate surface area is 119 Å². The first-order valence-electron chi connectivity index (χ1n) is 6.64. The molecule has 2 rings (SSSR count). The highest BCUT2D eigenvalue weighted by Gasteiger charge is 2.34. The molecule has 0 spiro atoms. The molecule has 0 atom stereocenters. The molecule has 21 heavy (non-hydrogen) atoms. The monoisotopic (exact) mass is 303 g/mol. The molecule has 1 aliphatic carbocycles. The summed E-state index contributed by atoms with van der Waals surface area (Å²) >= 11 is 0. The van der Waals surface area contributed by atoms with E-state index >= 15 is 0 Å². The Hall–Kier alpha value is -1.99. The zero-order valence-corrected chi connectivity index (χ0v) is 11.2. The Morgan fingerprint density at radius 3 is 2.52 bits per heavy atom. The van der Waals surface area contributed by atoms with E-state index in [0.717, 1.165) is 44.2 Å². The smallest absolute Gasteiger partial charge is 0.433 e. The van der Waals surface area contributed by atoms with E-state index in [9.17, 15) is 13.2 Å². The van der Waals surface area contributed by atoms with E-state index in [1.807, 2.05) is 0 Å². The van der Waals surface area contributed by atoms with Crippen molar-refractivity contribution in [3.63, 3.8) is 0 Å². The van der Waals surface area contributed by atoms with Crippen LogP contribution in [0.3, 0.4) is 0 Å². The third kappa shape index (κ3) is 3.77. The van der Waals surface area contributed by atoms with E-state index in [1.165, 1.54) is 0 Å². The Morgan fingerprint density at radius 2 is 1.95 bits per heavy atom. The molecule has 0 unspecified atom stereocenters. The number of hydrogen-bond donors (Lipinski definition) is 2. The third-order valence-electron chi connectivity index (χ3n) is 3.36. The van der Waals surface area contributed by atoms with E-state index in [0.29, 0.717) is 0 Å². The highest BCUT2D eigenvalue weighted by molar-refractivity contribution is 5.99. The zero-order valence-electron chi connectivity index (χ0n) is 11.2. The minimum Gasteiger partial charge on any atom is -0.474 e. The largest absolute Gasteiger partial charge is 0.474 e. The first-order chi connectivity index (χ1) is 9.91. The van der Waals surface area contributed by atoms with Gasteiger partial charge < -0.3 is 15.7 Å². The number of hydrogen-bond acceptors (Lipinski definition) is 4. The maximum Gasteiger partial charge on any atom is 0.433 e. The van der Waals surface area contributed by atoms with Crippen LogP contribution in [0.2, 0.25) is 0 Å². The molecular formula is C13H16F3N3O2. The summed E-state index contributed by atoms with van der Waals surface area (Å²) < 4.78 is 43.8. The number of alkyl halides is 3. The molecule has 8 heteroatoms. The van der Waals surface area contributed by atoms with Gasteiger partial charge in [-0.1, -0.05) is 11.6 Å². The van der Waals surface area contributed by atoms with Crippen LogP contribution in [0.4, 0.5) is 13.2 Å². The second-order valence-corrected chi connectivity index (χ2v) is 4.91. The zero-order chi connectivity index (χ0) is 15.5. The predicted octanol–water partition coefficient (Wildman–Crippen LogP) is 2.91. The lowest BCUT2D eigenvalue weighted by atomic mass is 9.98. The molecule has 1 aromatic rings. The average Bonchev–Trinajstić information content (AvgIpc) is 2.46. The number of rotatable bonds is 3. The standard InChI is InChI=1S/C13H16F3N3O2/c14-13(15,16)10-7-6-9(11(17)19-20)12(18-10)21-8-4-2-1-3-5-8/h6-8,20H,1-5H2,(H2,17,19). The lowest BCUT2D eigenvalue weighted by Crippen LogP contribution is -2.24. The third-order valence-corrected chi connectivity index (χ3v) is 3.36. The van der Waals surface area contributed by atoms with Crippen LogP contribution in [-0.4, -0.2) is 22.1 Å². The fourth-order valence-electron chi connectivity index (χ4n) is 2.28. The number of nitrogens with two attached hydrogens (primary N) is 1. The Morgan fingerprint density at radius 1 is 1.29 bits per heavy atom. The summed E-state index contributed by atoms with van der Waals surface area (Å²) in [6.07, 6.45) is -0.247. The highest BCUT2D eigenvalue weighted by Crippen LogP contribution is 2.31. The van der Waals surface area contributed by atoms with Gasteiger partial charge >= 0.3 is 6.18 Å². The van der Waals surface area contributed by atoms with Crippen LogP contribution < -0.4 is 10.5 Å². The van der Waals surface area contributed by atoms with E-state index in [-0.39, 0.29) is 23.4 Å². The van der Waals surface area contributed by atoms with E-state index in [1.54, 1.807) is 0 Å². The number of oxime groups is 1. The first-order valence-corrected chi connectivity index (χ1v) is 6.64. The van der Waals surface area contributed by atoms with Crippen molar-refractivity contribution in [1.29, 1.82) is 0 Å². The van der Waals surface area contributed by atoms with Gasteiger partial charge in [-0.3, -0.25) is 0 Å². The predicted molar refractivity (Wildman–Crippen MR) is 69.3 cm³/mol. The Balaban J connectivity index is 2.33. The molecule has 0 bridgehead atoms. The van der Waals surface area contributed by atoms with Crippen molar-refractivity contribution in [2.24, 2.45) is 10.9 Å². The number of ether oxygens (including phenoxy) is 1. The van der Waals surface area contributed by atoms with Gasteiger partial charge in [0.25, 0.3) is 0 Å². The summed E-state index contributed by atoms with van der Waals surface area (Å²) in [4.78, 5) is 3.49. The minimum absolute atomic E-state index is 0.0519. The van der Waals surface area contributed by atoms with E-state index < -0.39 is 11.9 Å². The average molecular weight is 303 g/mol. The molecule has 1 aromatic heterocycles. The second-order valence-electron chi connectivity index (χ2n) is 4.91. The maximum atomic E-state index is 12.7. The Kier molecular flexibility index (Phi) is 4.54. The topological polar surface area (TPSA) is 80.7 Å². The molecule has 0 radical (unpaired) electrons. The number of amidine groups is 1. The quantitative estimate of drug-likeness (QED) is 0.389. The SMILES string of the molecule is NC(=NO)c1ccc(C(F)(F)F)nc1OC1CCCCC1. The molecule has 1 aliphatic rings. The van der Waals surface area contributed by atoms with Gasteiger partial charge in [0.05, 0.1) is 5.56 Å². The van der Waals surface area contributed by atoms with Gasteiger partial charge in [-0.15, -0.1) is 0 Å². The summed E-state index contributed by atoms with van der Waals surface area (Å²) in [5.41, 5.74) is 4.44. The maximum absolute atomic E-state index is 12.7. The first kappa shape index (κ1) is 15.4. The van der Waals surface area contributed by atoms with E-state index in [4.69, 9.17) is 15.7 Å². The van der Waals surface area contributed by atoms with Crippen molar-refractivity contribution in [2.75, 3.05) is 0 Å². The number of aromatic nitrogens is 1. The van der Waals surface area contributed by atoms with Gasteiger partial charge in [0.1, 0.15) is 11.8 Å². The van der Waals surface area contributed by atoms with Crippen molar-refractivity contribution >= 4 is 5.84 Å². The van der Waals surface area contributed by atoms with Crippen LogP contribution in [-0.2, 0) is 6.18 Å². The highest BCUT2D eigenvalue weighted by atomic mass is 19.4. The van der Waals surface area contributed by atoms with Crippen LogP contribution in [0.15, 0.2) is 17.3 Å². The molecule has 3 N–H and O–H groups in total. The summed E-state index contributed by atoms with van der Waals surface area (Å²) in [7, 11) is 0. The molecule has 0 amide bonds. The van der Waals surface area contributed by atoms with Crippen molar-refractivity contribution < 1.29 is 23.1 Å². The van der Waals surface area contributed by atoms with Crippen molar-refractivity contribution in [2.45, 2.75) is 44.4 Å². The van der Waals surface area contributed by atoms with Crippen molar-refractivity contribution in [3.05, 3.63) is 23.4 Å². The van der Waals surface area contributed by atoms with Gasteiger partial charge in [-0.05, 0) is 37.8 Å². The van der Waals surface area contributed by atoms with Crippen molar-refractivity contribution in [3.8, 4) is 5.88 Å². The van der Waals surface area contributed by atoms with Crippen molar-refractivity contribution in [1.82, 2.24) is 4.98 Å². The van der Waals surface area contributed by atoms with E-state index in [2.05, 4.69) is 10.1 Å². The van der Waals surface area contributed by atoms with Crippen LogP contribution in [0.1, 0.15) is 43.4 Å². The normalized spacial score (nSPS) is 17.8. The molecule has 1 saturated carbocycles. The number of pyridine rings is 1. The lowest BCUT2D eigenvalue weighted by molar-refractivity contribution is -0.141. The molecule has 0 aliphatic heterocycles. The summed E-state index contributed by atoms with van der Waals surface area (Å²) in [6, 6.07) is 1.88. The lowest BCUT2D eigenvalue weighted by Gasteiger charge is -2.23. The van der Waals surface area contributed by atoms with Crippen LogP contribution in [0, 0.1) is 0 Å². The van der Waals surface area contributed by atoms with Gasteiger partial charge in [0.2, 0.25) is 5.88 Å².